The molecule has 0 spiro atoms. The number of benzene rings is 1. The van der Waals surface area contributed by atoms with E-state index in [4.69, 9.17) is 0 Å². The van der Waals surface area contributed by atoms with Crippen LogP contribution >= 0.6 is 0 Å². The number of amides is 1. The number of nitrogens with one attached hydrogen (secondary N) is 2. The maximum Gasteiger partial charge on any atom is 0.255 e. The van der Waals surface area contributed by atoms with Gasteiger partial charge in [0.1, 0.15) is 0 Å². The number of carbonyl (C=O) groups excluding carboxylic acids is 1. The van der Waals surface area contributed by atoms with Crippen molar-refractivity contribution in [1.29, 1.82) is 0 Å². The van der Waals surface area contributed by atoms with Crippen LogP contribution in [-0.2, 0) is 6.54 Å². The Hall–Kier alpha value is -2.93. The lowest BCUT2D eigenvalue weighted by atomic mass is 9.92. The molecule has 1 amide bonds. The second-order valence-corrected chi connectivity index (χ2v) is 8.96. The maximum absolute atomic E-state index is 13.4. The lowest BCUT2D eigenvalue weighted by Crippen LogP contribution is -2.32. The van der Waals surface area contributed by atoms with Crippen LogP contribution in [0.4, 0.5) is 5.69 Å². The molecule has 0 radical (unpaired) electrons. The van der Waals surface area contributed by atoms with Crippen molar-refractivity contribution in [3.63, 3.8) is 0 Å². The number of anilines is 1. The quantitative estimate of drug-likeness (QED) is 0.538. The van der Waals surface area contributed by atoms with E-state index in [2.05, 4.69) is 52.8 Å². The summed E-state index contributed by atoms with van der Waals surface area (Å²) < 4.78 is 1.83. The summed E-state index contributed by atoms with van der Waals surface area (Å²) in [5.74, 6) is -0.171. The molecule has 4 rings (SSSR count). The fourth-order valence-electron chi connectivity index (χ4n) is 4.75. The van der Waals surface area contributed by atoms with Crippen LogP contribution in [0.2, 0.25) is 0 Å². The van der Waals surface area contributed by atoms with E-state index >= 15 is 0 Å². The van der Waals surface area contributed by atoms with Gasteiger partial charge in [0, 0.05) is 18.8 Å². The fraction of sp³-hybridized carbons (Fsp3) is 0.480. The Morgan fingerprint density at radius 1 is 1.28 bits per heavy atom. The average Bonchev–Trinajstić information content (AvgIpc) is 3.17. The van der Waals surface area contributed by atoms with Crippen LogP contribution in [-0.4, -0.2) is 37.9 Å². The highest BCUT2D eigenvalue weighted by Crippen LogP contribution is 2.30. The maximum atomic E-state index is 13.4. The van der Waals surface area contributed by atoms with Crippen LogP contribution in [0.5, 0.6) is 0 Å². The number of hydrogen-bond acceptors (Lipinski definition) is 5. The molecule has 2 unspecified atom stereocenters. The van der Waals surface area contributed by atoms with Gasteiger partial charge < -0.3 is 15.7 Å². The van der Waals surface area contributed by atoms with Crippen LogP contribution in [0.1, 0.15) is 72.6 Å². The molecule has 0 saturated heterocycles. The van der Waals surface area contributed by atoms with Crippen molar-refractivity contribution in [3.8, 4) is 0 Å². The van der Waals surface area contributed by atoms with Crippen LogP contribution in [0.15, 0.2) is 30.6 Å². The van der Waals surface area contributed by atoms with Crippen LogP contribution in [0, 0.1) is 13.8 Å². The zero-order chi connectivity index (χ0) is 22.8. The summed E-state index contributed by atoms with van der Waals surface area (Å²) in [4.78, 5) is 17.9. The van der Waals surface area contributed by atoms with E-state index < -0.39 is 0 Å². The third-order valence-corrected chi connectivity index (χ3v) is 6.44. The smallest absolute Gasteiger partial charge is 0.255 e. The monoisotopic (exact) mass is 435 g/mol. The Morgan fingerprint density at radius 3 is 2.81 bits per heavy atom. The van der Waals surface area contributed by atoms with E-state index in [1.54, 1.807) is 12.4 Å². The van der Waals surface area contributed by atoms with E-state index in [-0.39, 0.29) is 24.1 Å². The van der Waals surface area contributed by atoms with Crippen molar-refractivity contribution in [3.05, 3.63) is 52.8 Å². The molecular formula is C25H33N5O2. The minimum absolute atomic E-state index is 0.109. The lowest BCUT2D eigenvalue weighted by Gasteiger charge is -2.28. The van der Waals surface area contributed by atoms with E-state index in [1.165, 1.54) is 5.56 Å². The Labute approximate surface area is 189 Å². The van der Waals surface area contributed by atoms with Crippen molar-refractivity contribution < 1.29 is 9.90 Å². The van der Waals surface area contributed by atoms with E-state index in [9.17, 15) is 9.90 Å². The summed E-state index contributed by atoms with van der Waals surface area (Å²) in [7, 11) is 0. The molecule has 2 heterocycles. The van der Waals surface area contributed by atoms with E-state index in [1.807, 2.05) is 18.5 Å². The van der Waals surface area contributed by atoms with Crippen molar-refractivity contribution >= 4 is 22.6 Å². The molecule has 1 aromatic carbocycles. The third kappa shape index (κ3) is 4.48. The predicted molar refractivity (Wildman–Crippen MR) is 127 cm³/mol. The molecule has 3 aromatic rings. The van der Waals surface area contributed by atoms with Gasteiger partial charge in [0.15, 0.2) is 5.65 Å². The Bertz CT molecular complexity index is 1120. The normalized spacial score (nSPS) is 19.7. The molecular weight excluding hydrogens is 402 g/mol. The average molecular weight is 436 g/mol. The number of fused-ring (bicyclic) bond motifs is 1. The van der Waals surface area contributed by atoms with Gasteiger partial charge in [0.25, 0.3) is 5.91 Å². The van der Waals surface area contributed by atoms with Crippen molar-refractivity contribution in [1.82, 2.24) is 20.1 Å². The van der Waals surface area contributed by atoms with Gasteiger partial charge in [0.2, 0.25) is 0 Å². The van der Waals surface area contributed by atoms with Gasteiger partial charge in [-0.3, -0.25) is 4.79 Å². The summed E-state index contributed by atoms with van der Waals surface area (Å²) >= 11 is 0. The first-order valence-corrected chi connectivity index (χ1v) is 11.5. The Balaban J connectivity index is 1.66. The number of rotatable bonds is 6. The van der Waals surface area contributed by atoms with Crippen LogP contribution in [0.3, 0.4) is 0 Å². The molecule has 1 aliphatic carbocycles. The highest BCUT2D eigenvalue weighted by atomic mass is 16.3. The predicted octanol–water partition coefficient (Wildman–Crippen LogP) is 4.27. The summed E-state index contributed by atoms with van der Waals surface area (Å²) in [5, 5.41) is 22.1. The molecule has 3 N–H and O–H groups in total. The summed E-state index contributed by atoms with van der Waals surface area (Å²) in [6.07, 6.45) is 6.54. The minimum atomic E-state index is -0.307. The fourth-order valence-corrected chi connectivity index (χ4v) is 4.75. The Kier molecular flexibility index (Phi) is 6.46. The summed E-state index contributed by atoms with van der Waals surface area (Å²) in [6, 6.07) is 6.25. The van der Waals surface area contributed by atoms with Crippen molar-refractivity contribution in [2.75, 3.05) is 5.32 Å². The lowest BCUT2D eigenvalue weighted by molar-refractivity contribution is 0.0940. The number of hydrogen-bond donors (Lipinski definition) is 3. The molecule has 7 heteroatoms. The summed E-state index contributed by atoms with van der Waals surface area (Å²) in [6.45, 7) is 8.86. The van der Waals surface area contributed by atoms with Gasteiger partial charge in [-0.25, -0.2) is 9.67 Å². The van der Waals surface area contributed by atoms with Gasteiger partial charge in [-0.2, -0.15) is 5.10 Å². The van der Waals surface area contributed by atoms with Crippen molar-refractivity contribution in [2.24, 2.45) is 0 Å². The second-order valence-electron chi connectivity index (χ2n) is 8.96. The number of pyridine rings is 1. The van der Waals surface area contributed by atoms with Crippen molar-refractivity contribution in [2.45, 2.75) is 78.1 Å². The van der Waals surface area contributed by atoms with Gasteiger partial charge in [-0.05, 0) is 64.5 Å². The van der Waals surface area contributed by atoms with Gasteiger partial charge in [-0.1, -0.05) is 23.8 Å². The zero-order valence-corrected chi connectivity index (χ0v) is 19.4. The molecule has 0 aliphatic heterocycles. The van der Waals surface area contributed by atoms with E-state index in [0.29, 0.717) is 18.5 Å². The third-order valence-electron chi connectivity index (χ3n) is 6.44. The first-order chi connectivity index (χ1) is 15.4. The van der Waals surface area contributed by atoms with Crippen LogP contribution in [0.25, 0.3) is 11.0 Å². The van der Waals surface area contributed by atoms with Crippen LogP contribution < -0.4 is 10.6 Å². The number of aliphatic hydroxyl groups excluding tert-OH is 1. The van der Waals surface area contributed by atoms with E-state index in [0.717, 1.165) is 47.1 Å². The number of aryl methyl sites for hydroxylation is 3. The van der Waals surface area contributed by atoms with Gasteiger partial charge >= 0.3 is 0 Å². The molecule has 3 atom stereocenters. The number of aromatic nitrogens is 3. The highest BCUT2D eigenvalue weighted by Gasteiger charge is 2.25. The molecule has 1 fully saturated rings. The molecule has 170 valence electrons. The number of aliphatic hydroxyl groups is 1. The molecule has 0 bridgehead atoms. The standard InChI is InChI=1S/C25H33N5O2/c1-5-30-24-21(14-27-30)23(29-18-7-6-8-19(31)12-18)22(13-26-24)25(32)28-17(4)20-10-9-15(2)11-16(20)3/h9-11,13-14,17-19,31H,5-8,12H2,1-4H3,(H,26,29)(H,28,32)/t17?,18?,19-/m1/s1. The first-order valence-electron chi connectivity index (χ1n) is 11.5. The number of nitrogens with zero attached hydrogens (tertiary/aromatic N) is 3. The first kappa shape index (κ1) is 22.3. The largest absolute Gasteiger partial charge is 0.393 e. The second kappa shape index (κ2) is 9.28. The molecule has 7 nitrogen and oxygen atoms in total. The molecule has 1 aliphatic rings. The van der Waals surface area contributed by atoms with Gasteiger partial charge in [-0.15, -0.1) is 0 Å². The Morgan fingerprint density at radius 2 is 2.09 bits per heavy atom. The zero-order valence-electron chi connectivity index (χ0n) is 19.4. The number of carbonyl (C=O) groups is 1. The SMILES string of the molecule is CCn1ncc2c(NC3CCC[C@@H](O)C3)c(C(=O)NC(C)c3ccc(C)cc3C)cnc21. The van der Waals surface area contributed by atoms with Gasteiger partial charge in [0.05, 0.1) is 35.0 Å². The minimum Gasteiger partial charge on any atom is -0.393 e. The highest BCUT2D eigenvalue weighted by molar-refractivity contribution is 6.06. The molecule has 32 heavy (non-hydrogen) atoms. The molecule has 1 saturated carbocycles. The summed E-state index contributed by atoms with van der Waals surface area (Å²) in [5.41, 5.74) is 5.47. The molecule has 2 aromatic heterocycles. The topological polar surface area (TPSA) is 92.1 Å².